The molecular formula is C34H43FN12O11. The van der Waals surface area contributed by atoms with E-state index in [4.69, 9.17) is 10.2 Å². The van der Waals surface area contributed by atoms with Crippen LogP contribution in [0.4, 0.5) is 4.39 Å². The molecule has 0 aromatic carbocycles. The second kappa shape index (κ2) is 16.5. The summed E-state index contributed by atoms with van der Waals surface area (Å²) in [7, 11) is 0. The minimum Gasteiger partial charge on any atom is -0.395 e. The summed E-state index contributed by atoms with van der Waals surface area (Å²) in [6.45, 7) is 1.05. The van der Waals surface area contributed by atoms with Crippen molar-refractivity contribution in [1.29, 1.82) is 0 Å². The zero-order chi connectivity index (χ0) is 41.6. The van der Waals surface area contributed by atoms with E-state index in [2.05, 4.69) is 60.8 Å². The van der Waals surface area contributed by atoms with Crippen LogP contribution in [0.15, 0.2) is 39.6 Å². The molecule has 23 nitrogen and oxygen atoms in total. The first-order valence-electron chi connectivity index (χ1n) is 18.2. The second-order valence-corrected chi connectivity index (χ2v) is 14.3. The number of rotatable bonds is 6. The number of aryl methyl sites for hydroxylation is 1. The van der Waals surface area contributed by atoms with Crippen molar-refractivity contribution in [2.45, 2.75) is 80.1 Å². The monoisotopic (exact) mass is 814 g/mol. The highest BCUT2D eigenvalue weighted by Crippen LogP contribution is 2.34. The maximum atomic E-state index is 14.0. The van der Waals surface area contributed by atoms with Crippen LogP contribution in [0.1, 0.15) is 46.9 Å². The minimum absolute atomic E-state index is 0.0239. The number of fused-ring (bicyclic) bond motifs is 3. The summed E-state index contributed by atoms with van der Waals surface area (Å²) < 4.78 is 14.0. The van der Waals surface area contributed by atoms with Gasteiger partial charge in [0.05, 0.1) is 92.9 Å². The van der Waals surface area contributed by atoms with Gasteiger partial charge in [-0.2, -0.15) is 4.39 Å². The molecule has 58 heavy (non-hydrogen) atoms. The number of nitrogens with one attached hydrogen (secondary N) is 9. The lowest BCUT2D eigenvalue weighted by Gasteiger charge is -2.16. The summed E-state index contributed by atoms with van der Waals surface area (Å²) in [6.07, 6.45) is 0.616. The Hall–Kier alpha value is -5.25. The van der Waals surface area contributed by atoms with Crippen LogP contribution in [0.25, 0.3) is 33.1 Å². The SMILES string of the molecule is Cc1[nH]c2c(=O)[nH]cnc2c1[C@@H]1N[C@H](CO)[C@H](O)C1O.O=c1[nH]cnc2c([C@@H]3N[C@H](CO)CC3O)c[nH]c12.O=c1[nH]cnc2c([C@@H]3N[C@H](CO)[C@H](O)C3O)c(F)[nH]c12. The number of hydrogen-bond donors (Lipinski definition) is 17. The average molecular weight is 815 g/mol. The van der Waals surface area contributed by atoms with Gasteiger partial charge in [0.25, 0.3) is 16.7 Å². The molecule has 3 fully saturated rings. The highest BCUT2D eigenvalue weighted by molar-refractivity contribution is 5.81. The summed E-state index contributed by atoms with van der Waals surface area (Å²) in [5, 5.41) is 85.9. The molecule has 0 spiro atoms. The molecule has 3 aliphatic rings. The van der Waals surface area contributed by atoms with Crippen molar-refractivity contribution in [3.8, 4) is 0 Å². The van der Waals surface area contributed by atoms with E-state index in [1.54, 1.807) is 13.1 Å². The van der Waals surface area contributed by atoms with Crippen LogP contribution < -0.4 is 32.6 Å². The van der Waals surface area contributed by atoms with Crippen LogP contribution >= 0.6 is 0 Å². The Morgan fingerprint density at radius 1 is 0.621 bits per heavy atom. The summed E-state index contributed by atoms with van der Waals surface area (Å²) in [5.74, 6) is -0.813. The van der Waals surface area contributed by atoms with Crippen molar-refractivity contribution < 1.29 is 45.2 Å². The highest BCUT2D eigenvalue weighted by atomic mass is 19.1. The van der Waals surface area contributed by atoms with Gasteiger partial charge in [0, 0.05) is 29.1 Å². The van der Waals surface area contributed by atoms with Gasteiger partial charge in [-0.05, 0) is 13.3 Å². The Morgan fingerprint density at radius 3 is 1.64 bits per heavy atom. The Bertz CT molecular complexity index is 2450. The second-order valence-electron chi connectivity index (χ2n) is 14.3. The van der Waals surface area contributed by atoms with Gasteiger partial charge in [-0.3, -0.25) is 14.4 Å². The zero-order valence-corrected chi connectivity index (χ0v) is 30.5. The molecule has 3 aliphatic heterocycles. The van der Waals surface area contributed by atoms with Gasteiger partial charge in [-0.25, -0.2) is 15.0 Å². The molecule has 9 heterocycles. The number of halogens is 1. The largest absolute Gasteiger partial charge is 0.395 e. The predicted octanol–water partition coefficient (Wildman–Crippen LogP) is -4.59. The van der Waals surface area contributed by atoms with Crippen LogP contribution in [0.2, 0.25) is 0 Å². The predicted molar refractivity (Wildman–Crippen MR) is 200 cm³/mol. The molecule has 0 radical (unpaired) electrons. The fourth-order valence-corrected chi connectivity index (χ4v) is 7.87. The van der Waals surface area contributed by atoms with Gasteiger partial charge in [0.1, 0.15) is 45.3 Å². The van der Waals surface area contributed by atoms with Gasteiger partial charge in [-0.15, -0.1) is 0 Å². The molecule has 6 aromatic rings. The molecule has 17 N–H and O–H groups in total. The van der Waals surface area contributed by atoms with E-state index in [0.717, 1.165) is 11.9 Å². The van der Waals surface area contributed by atoms with E-state index in [9.17, 15) is 49.4 Å². The number of aliphatic hydroxyl groups is 8. The molecule has 24 heteroatoms. The molecule has 0 aliphatic carbocycles. The van der Waals surface area contributed by atoms with E-state index in [1.807, 2.05) is 0 Å². The van der Waals surface area contributed by atoms with Gasteiger partial charge < -0.3 is 86.7 Å². The molecule has 11 atom stereocenters. The van der Waals surface area contributed by atoms with Crippen LogP contribution in [-0.2, 0) is 0 Å². The van der Waals surface area contributed by atoms with E-state index in [1.165, 1.54) is 12.7 Å². The zero-order valence-electron chi connectivity index (χ0n) is 30.5. The Kier molecular flexibility index (Phi) is 11.7. The molecule has 3 unspecified atom stereocenters. The van der Waals surface area contributed by atoms with E-state index in [0.29, 0.717) is 39.7 Å². The summed E-state index contributed by atoms with van der Waals surface area (Å²) in [5.41, 5.74) is 2.73. The topological polar surface area (TPSA) is 383 Å². The van der Waals surface area contributed by atoms with Crippen molar-refractivity contribution in [3.63, 3.8) is 0 Å². The lowest BCUT2D eigenvalue weighted by Crippen LogP contribution is -2.35. The highest BCUT2D eigenvalue weighted by Gasteiger charge is 2.45. The van der Waals surface area contributed by atoms with E-state index >= 15 is 0 Å². The quantitative estimate of drug-likeness (QED) is 0.0752. The van der Waals surface area contributed by atoms with Crippen molar-refractivity contribution in [3.05, 3.63) is 84.6 Å². The third-order valence-electron chi connectivity index (χ3n) is 10.8. The van der Waals surface area contributed by atoms with Crippen molar-refractivity contribution in [2.24, 2.45) is 0 Å². The van der Waals surface area contributed by atoms with Gasteiger partial charge >= 0.3 is 0 Å². The Balaban J connectivity index is 0.000000133. The van der Waals surface area contributed by atoms with Crippen LogP contribution in [0.3, 0.4) is 0 Å². The van der Waals surface area contributed by atoms with E-state index < -0.39 is 72.8 Å². The normalized spacial score (nSPS) is 29.5. The molecule has 6 aromatic heterocycles. The number of aromatic nitrogens is 9. The fraction of sp³-hybridized carbons (Fsp3) is 0.471. The van der Waals surface area contributed by atoms with Gasteiger partial charge in [-0.1, -0.05) is 0 Å². The standard InChI is InChI=1S/C12H16N4O4.C11H13FN4O4.C11H14N4O3/c1-4-6(7-9(15-4)12(20)14-3-13-7)8-11(19)10(18)5(2-17)16-8;12-10-4(5-7(16-10)11(20)14-2-13-5)6-9(19)8(18)3(1-17)15-6;16-3-5-1-7(17)8(15-5)6-2-12-10-9(6)13-4-14-11(10)18/h3,5,8,10-11,15-19H,2H2,1H3,(H,13,14,20);2-3,6,8-9,15-19H,1H2,(H,13,14,20);2,4-5,7-8,12,15-17H,1,3H2,(H,13,14,18)/t5-,8+,10+,11?;3-,6+,8+,9?;5-,7?,8-/m110/s1. The smallest absolute Gasteiger partial charge is 0.275 e. The lowest BCUT2D eigenvalue weighted by molar-refractivity contribution is 0.0192. The third kappa shape index (κ3) is 7.24. The number of nitrogens with zero attached hydrogens (tertiary/aromatic N) is 3. The molecular weight excluding hydrogens is 771 g/mol. The molecule has 3 saturated heterocycles. The van der Waals surface area contributed by atoms with Crippen molar-refractivity contribution in [2.75, 3.05) is 19.8 Å². The number of aliphatic hydroxyl groups excluding tert-OH is 8. The maximum absolute atomic E-state index is 14.0. The fourth-order valence-electron chi connectivity index (χ4n) is 7.87. The summed E-state index contributed by atoms with van der Waals surface area (Å²) in [4.78, 5) is 62.4. The van der Waals surface area contributed by atoms with Crippen molar-refractivity contribution in [1.82, 2.24) is 60.8 Å². The summed E-state index contributed by atoms with van der Waals surface area (Å²) in [6, 6.07) is -3.39. The molecule has 9 rings (SSSR count). The van der Waals surface area contributed by atoms with Gasteiger partial charge in [0.15, 0.2) is 5.95 Å². The Labute approximate surface area is 323 Å². The van der Waals surface area contributed by atoms with Crippen LogP contribution in [0, 0.1) is 12.9 Å². The molecule has 0 saturated carbocycles. The summed E-state index contributed by atoms with van der Waals surface area (Å²) >= 11 is 0. The number of hydrogen-bond acceptors (Lipinski definition) is 17. The molecule has 0 bridgehead atoms. The lowest BCUT2D eigenvalue weighted by atomic mass is 10.0. The number of aromatic amines is 6. The molecule has 312 valence electrons. The minimum atomic E-state index is -1.32. The number of H-pyrrole nitrogens is 6. The average Bonchev–Trinajstić information content (AvgIpc) is 4.06. The van der Waals surface area contributed by atoms with Crippen LogP contribution in [0.5, 0.6) is 0 Å². The first kappa shape index (κ1) is 40.9. The van der Waals surface area contributed by atoms with Gasteiger partial charge in [0.2, 0.25) is 0 Å². The van der Waals surface area contributed by atoms with E-state index in [-0.39, 0.29) is 53.0 Å². The molecule has 0 amide bonds. The third-order valence-corrected chi connectivity index (χ3v) is 10.8. The Morgan fingerprint density at radius 2 is 1.12 bits per heavy atom. The first-order chi connectivity index (χ1) is 27.8. The maximum Gasteiger partial charge on any atom is 0.275 e. The van der Waals surface area contributed by atoms with Crippen molar-refractivity contribution >= 4 is 33.1 Å². The van der Waals surface area contributed by atoms with Crippen LogP contribution in [-0.4, -0.2) is 154 Å². The first-order valence-corrected chi connectivity index (χ1v) is 18.2.